The summed E-state index contributed by atoms with van der Waals surface area (Å²) in [7, 11) is 0. The van der Waals surface area contributed by atoms with Gasteiger partial charge in [0.2, 0.25) is 0 Å². The van der Waals surface area contributed by atoms with Crippen molar-refractivity contribution in [2.24, 2.45) is 5.73 Å². The Morgan fingerprint density at radius 3 is 2.43 bits per heavy atom. The molecule has 3 aromatic rings. The third kappa shape index (κ3) is 5.47. The van der Waals surface area contributed by atoms with Gasteiger partial charge in [-0.05, 0) is 31.5 Å². The number of hydrogen-bond acceptors (Lipinski definition) is 5. The SMILES string of the molecule is Cc1c(N2CCN[C@@H](C)C2)c(=O)n(C[C@@H](N)c2ccccc2)c(=O)n1Cc1c(F)cccc1C(F)(F)F. The molecule has 0 spiro atoms. The van der Waals surface area contributed by atoms with Crippen molar-refractivity contribution in [2.75, 3.05) is 24.5 Å². The minimum absolute atomic E-state index is 0.0383. The van der Waals surface area contributed by atoms with Gasteiger partial charge in [-0.1, -0.05) is 36.4 Å². The average Bonchev–Trinajstić information content (AvgIpc) is 2.85. The van der Waals surface area contributed by atoms with Crippen molar-refractivity contribution in [2.45, 2.75) is 45.2 Å². The fraction of sp³-hybridized carbons (Fsp3) is 0.385. The predicted molar refractivity (Wildman–Crippen MR) is 133 cm³/mol. The van der Waals surface area contributed by atoms with E-state index in [9.17, 15) is 27.2 Å². The monoisotopic (exact) mass is 519 g/mol. The number of rotatable bonds is 6. The van der Waals surface area contributed by atoms with Crippen molar-refractivity contribution in [3.05, 3.63) is 97.6 Å². The normalized spacial score (nSPS) is 17.2. The molecule has 2 atom stereocenters. The van der Waals surface area contributed by atoms with Crippen molar-refractivity contribution in [1.82, 2.24) is 14.5 Å². The topological polar surface area (TPSA) is 85.3 Å². The van der Waals surface area contributed by atoms with Gasteiger partial charge in [0.15, 0.2) is 0 Å². The molecular formula is C26H29F4N5O2. The van der Waals surface area contributed by atoms with Crippen molar-refractivity contribution < 1.29 is 17.6 Å². The number of nitrogens with two attached hydrogens (primary N) is 1. The molecule has 37 heavy (non-hydrogen) atoms. The van der Waals surface area contributed by atoms with Gasteiger partial charge in [-0.15, -0.1) is 0 Å². The molecule has 2 heterocycles. The standard InChI is InChI=1S/C26H29F4N5O2/c1-16-13-33(12-11-32-16)23-17(2)34(14-19-20(26(28,29)30)9-6-10-21(19)27)25(37)35(24(23)36)15-22(31)18-7-4-3-5-8-18/h3-10,16,22,32H,11-15,31H2,1-2H3/t16-,22+/m0/s1. The predicted octanol–water partition coefficient (Wildman–Crippen LogP) is 3.02. The molecule has 3 N–H and O–H groups in total. The molecule has 0 unspecified atom stereocenters. The van der Waals surface area contributed by atoms with Crippen LogP contribution in [0.25, 0.3) is 0 Å². The van der Waals surface area contributed by atoms with Crippen LogP contribution in [0.3, 0.4) is 0 Å². The van der Waals surface area contributed by atoms with Crippen LogP contribution in [0.5, 0.6) is 0 Å². The van der Waals surface area contributed by atoms with E-state index in [2.05, 4.69) is 5.32 Å². The van der Waals surface area contributed by atoms with E-state index in [1.54, 1.807) is 30.3 Å². The highest BCUT2D eigenvalue weighted by Gasteiger charge is 2.35. The molecule has 0 amide bonds. The van der Waals surface area contributed by atoms with E-state index in [0.717, 1.165) is 27.3 Å². The molecule has 4 rings (SSSR count). The average molecular weight is 520 g/mol. The van der Waals surface area contributed by atoms with E-state index in [4.69, 9.17) is 5.73 Å². The smallest absolute Gasteiger partial charge is 0.363 e. The Labute approximate surface area is 211 Å². The maximum Gasteiger partial charge on any atom is 0.416 e. The van der Waals surface area contributed by atoms with Crippen LogP contribution in [0.1, 0.15) is 35.3 Å². The van der Waals surface area contributed by atoms with Gasteiger partial charge in [-0.25, -0.2) is 9.18 Å². The van der Waals surface area contributed by atoms with Gasteiger partial charge in [0, 0.05) is 43.0 Å². The van der Waals surface area contributed by atoms with Crippen LogP contribution in [0.15, 0.2) is 58.1 Å². The number of halogens is 4. The molecule has 2 aromatic carbocycles. The summed E-state index contributed by atoms with van der Waals surface area (Å²) in [4.78, 5) is 29.1. The summed E-state index contributed by atoms with van der Waals surface area (Å²) in [5, 5.41) is 3.27. The van der Waals surface area contributed by atoms with Crippen LogP contribution < -0.4 is 27.2 Å². The van der Waals surface area contributed by atoms with E-state index in [1.165, 1.54) is 6.92 Å². The first kappa shape index (κ1) is 26.6. The van der Waals surface area contributed by atoms with Crippen LogP contribution >= 0.6 is 0 Å². The Morgan fingerprint density at radius 2 is 1.78 bits per heavy atom. The number of nitrogens with zero attached hydrogens (tertiary/aromatic N) is 3. The van der Waals surface area contributed by atoms with Gasteiger partial charge >= 0.3 is 11.9 Å². The zero-order valence-electron chi connectivity index (χ0n) is 20.6. The van der Waals surface area contributed by atoms with Gasteiger partial charge < -0.3 is 16.0 Å². The highest BCUT2D eigenvalue weighted by atomic mass is 19.4. The molecule has 0 radical (unpaired) electrons. The van der Waals surface area contributed by atoms with Crippen molar-refractivity contribution in [3.8, 4) is 0 Å². The number of alkyl halides is 3. The van der Waals surface area contributed by atoms with Gasteiger partial charge in [0.05, 0.1) is 18.7 Å². The van der Waals surface area contributed by atoms with Crippen LogP contribution in [-0.4, -0.2) is 34.8 Å². The second kappa shape index (κ2) is 10.5. The van der Waals surface area contributed by atoms with Gasteiger partial charge in [-0.2, -0.15) is 13.2 Å². The Morgan fingerprint density at radius 1 is 1.08 bits per heavy atom. The van der Waals surface area contributed by atoms with E-state index >= 15 is 0 Å². The van der Waals surface area contributed by atoms with Crippen molar-refractivity contribution in [3.63, 3.8) is 0 Å². The summed E-state index contributed by atoms with van der Waals surface area (Å²) in [6.45, 7) is 4.04. The van der Waals surface area contributed by atoms with E-state index in [1.807, 2.05) is 11.8 Å². The Balaban J connectivity index is 1.89. The van der Waals surface area contributed by atoms with E-state index in [0.29, 0.717) is 25.2 Å². The summed E-state index contributed by atoms with van der Waals surface area (Å²) in [5.41, 5.74) is 4.10. The highest BCUT2D eigenvalue weighted by Crippen LogP contribution is 2.33. The zero-order chi connectivity index (χ0) is 26.9. The van der Waals surface area contributed by atoms with Crippen molar-refractivity contribution in [1.29, 1.82) is 0 Å². The summed E-state index contributed by atoms with van der Waals surface area (Å²) in [5.74, 6) is -1.09. The molecule has 1 fully saturated rings. The largest absolute Gasteiger partial charge is 0.416 e. The summed E-state index contributed by atoms with van der Waals surface area (Å²) in [6, 6.07) is 10.9. The van der Waals surface area contributed by atoms with Crippen LogP contribution in [0.4, 0.5) is 23.2 Å². The molecule has 7 nitrogen and oxygen atoms in total. The minimum atomic E-state index is -4.82. The van der Waals surface area contributed by atoms with Crippen molar-refractivity contribution >= 4 is 5.69 Å². The lowest BCUT2D eigenvalue weighted by Crippen LogP contribution is -2.53. The summed E-state index contributed by atoms with van der Waals surface area (Å²) < 4.78 is 57.8. The third-order valence-corrected chi connectivity index (χ3v) is 6.69. The maximum atomic E-state index is 14.7. The highest BCUT2D eigenvalue weighted by molar-refractivity contribution is 5.50. The van der Waals surface area contributed by atoms with E-state index in [-0.39, 0.29) is 24.0 Å². The van der Waals surface area contributed by atoms with E-state index < -0.39 is 47.0 Å². The first-order chi connectivity index (χ1) is 17.5. The summed E-state index contributed by atoms with van der Waals surface area (Å²) in [6.07, 6.45) is -4.82. The Hall–Kier alpha value is -3.44. The van der Waals surface area contributed by atoms with Gasteiger partial charge in [0.1, 0.15) is 11.5 Å². The Kier molecular flexibility index (Phi) is 7.56. The molecule has 0 bridgehead atoms. The molecule has 1 saturated heterocycles. The number of hydrogen-bond donors (Lipinski definition) is 2. The quantitative estimate of drug-likeness (QED) is 0.489. The van der Waals surface area contributed by atoms with Gasteiger partial charge in [0.25, 0.3) is 5.56 Å². The molecule has 1 aliphatic heterocycles. The van der Waals surface area contributed by atoms with Crippen LogP contribution in [0, 0.1) is 12.7 Å². The molecule has 1 aliphatic rings. The fourth-order valence-corrected chi connectivity index (χ4v) is 4.78. The Bertz CT molecular complexity index is 1380. The lowest BCUT2D eigenvalue weighted by atomic mass is 10.1. The number of anilines is 1. The number of nitrogens with one attached hydrogen (secondary N) is 1. The minimum Gasteiger partial charge on any atom is -0.363 e. The fourth-order valence-electron chi connectivity index (χ4n) is 4.78. The number of piperazine rings is 1. The lowest BCUT2D eigenvalue weighted by molar-refractivity contribution is -0.138. The molecule has 1 aromatic heterocycles. The second-order valence-corrected chi connectivity index (χ2v) is 9.30. The first-order valence-corrected chi connectivity index (χ1v) is 12.0. The third-order valence-electron chi connectivity index (χ3n) is 6.69. The van der Waals surface area contributed by atoms with Gasteiger partial charge in [-0.3, -0.25) is 13.9 Å². The van der Waals surface area contributed by atoms with Crippen LogP contribution in [0.2, 0.25) is 0 Å². The first-order valence-electron chi connectivity index (χ1n) is 12.0. The molecule has 11 heteroatoms. The molecule has 198 valence electrons. The molecule has 0 saturated carbocycles. The molecule has 0 aliphatic carbocycles. The summed E-state index contributed by atoms with van der Waals surface area (Å²) >= 11 is 0. The van der Waals surface area contributed by atoms with Crippen LogP contribution in [-0.2, 0) is 19.3 Å². The molecular weight excluding hydrogens is 490 g/mol. The number of benzene rings is 2. The second-order valence-electron chi connectivity index (χ2n) is 9.30. The number of aromatic nitrogens is 2. The lowest BCUT2D eigenvalue weighted by Gasteiger charge is -2.35. The zero-order valence-corrected chi connectivity index (χ0v) is 20.6. The maximum absolute atomic E-state index is 14.7.